The molecule has 0 N–H and O–H groups in total. The zero-order valence-electron chi connectivity index (χ0n) is 4.31. The summed E-state index contributed by atoms with van der Waals surface area (Å²) in [6.07, 6.45) is 0. The average molecular weight is 101 g/mol. The molecule has 0 aliphatic heterocycles. The van der Waals surface area contributed by atoms with Crippen molar-refractivity contribution in [1.29, 1.82) is 0 Å². The summed E-state index contributed by atoms with van der Waals surface area (Å²) in [7, 11) is 2.16. The van der Waals surface area contributed by atoms with E-state index in [1.54, 1.807) is 0 Å². The van der Waals surface area contributed by atoms with Crippen molar-refractivity contribution in [3.05, 3.63) is 0 Å². The predicted molar refractivity (Wildman–Crippen MR) is 34.7 cm³/mol. The van der Waals surface area contributed by atoms with Crippen LogP contribution in [0.3, 0.4) is 0 Å². The van der Waals surface area contributed by atoms with Crippen LogP contribution < -0.4 is 0 Å². The van der Waals surface area contributed by atoms with Gasteiger partial charge in [0.2, 0.25) is 0 Å². The maximum atomic E-state index is 4.00. The molecule has 0 rings (SSSR count). The Bertz CT molecular complexity index is 28.7. The number of rotatable bonds is 2. The van der Waals surface area contributed by atoms with E-state index in [0.29, 0.717) is 5.82 Å². The van der Waals surface area contributed by atoms with Gasteiger partial charge in [-0.05, 0) is 5.65 Å². The van der Waals surface area contributed by atoms with Crippen LogP contribution in [0.2, 0.25) is 5.82 Å². The Morgan fingerprint density at radius 3 is 2.17 bits per heavy atom. The van der Waals surface area contributed by atoms with Gasteiger partial charge in [-0.3, -0.25) is 0 Å². The molecule has 0 saturated carbocycles. The highest BCUT2D eigenvalue weighted by Gasteiger charge is 1.89. The Hall–Kier alpha value is 0.415. The molecule has 0 aliphatic rings. The number of hydrogen-bond acceptors (Lipinski definition) is 1. The van der Waals surface area contributed by atoms with Crippen LogP contribution in [0.4, 0.5) is 0 Å². The molecule has 0 aliphatic carbocycles. The predicted octanol–water partition coefficient (Wildman–Crippen LogP) is 1.41. The molecular weight excluding hydrogens is 90.9 g/mol. The molecule has 0 unspecified atom stereocenters. The van der Waals surface area contributed by atoms with Crippen LogP contribution in [0.25, 0.3) is 0 Å². The highest BCUT2D eigenvalue weighted by Crippen LogP contribution is 1.95. The molecule has 0 aromatic carbocycles. The normalized spacial score (nSPS) is 9.33. The third-order valence-corrected chi connectivity index (χ3v) is 0.788. The van der Waals surface area contributed by atoms with Crippen molar-refractivity contribution in [3.8, 4) is 0 Å². The van der Waals surface area contributed by atoms with Crippen LogP contribution in [0, 0.1) is 0 Å². The van der Waals surface area contributed by atoms with Crippen LogP contribution in [0.5, 0.6) is 0 Å². The molecule has 1 radical (unpaired) electrons. The second-order valence-corrected chi connectivity index (χ2v) is 2.03. The summed E-state index contributed by atoms with van der Waals surface area (Å²) in [5.41, 5.74) is 0.900. The molecule has 0 bridgehead atoms. The van der Waals surface area contributed by atoms with Crippen LogP contribution in [-0.4, -0.2) is 12.9 Å². The molecule has 0 fully saturated rings. The van der Waals surface area contributed by atoms with Crippen molar-refractivity contribution < 1.29 is 0 Å². The highest BCUT2D eigenvalue weighted by atomic mass is 32.1. The standard InChI is InChI=1S/C4H10BS/c1-4(2)5-3-6/h4,6H,3H2,1-2H3. The third kappa shape index (κ3) is 4.41. The first kappa shape index (κ1) is 6.41. The Balaban J connectivity index is 2.63. The molecule has 0 aromatic heterocycles. The molecule has 0 aromatic rings. The van der Waals surface area contributed by atoms with Crippen molar-refractivity contribution in [2.45, 2.75) is 19.7 Å². The maximum Gasteiger partial charge on any atom is 0.125 e. The second kappa shape index (κ2) is 3.60. The van der Waals surface area contributed by atoms with E-state index in [9.17, 15) is 0 Å². The lowest BCUT2D eigenvalue weighted by Crippen LogP contribution is -1.95. The minimum absolute atomic E-state index is 0.697. The zero-order chi connectivity index (χ0) is 4.99. The van der Waals surface area contributed by atoms with Crippen LogP contribution in [0.15, 0.2) is 0 Å². The molecule has 0 saturated heterocycles. The number of thiol groups is 1. The summed E-state index contributed by atoms with van der Waals surface area (Å²) < 4.78 is 0. The van der Waals surface area contributed by atoms with Crippen molar-refractivity contribution in [3.63, 3.8) is 0 Å². The number of hydrogen-bond donors (Lipinski definition) is 1. The van der Waals surface area contributed by atoms with E-state index in [-0.39, 0.29) is 0 Å². The fraction of sp³-hybridized carbons (Fsp3) is 1.00. The van der Waals surface area contributed by atoms with E-state index in [2.05, 4.69) is 33.8 Å². The minimum Gasteiger partial charge on any atom is -0.188 e. The Kier molecular flexibility index (Phi) is 3.85. The fourth-order valence-electron chi connectivity index (χ4n) is 0.211. The zero-order valence-corrected chi connectivity index (χ0v) is 5.20. The monoisotopic (exact) mass is 101 g/mol. The van der Waals surface area contributed by atoms with Gasteiger partial charge in [0.05, 0.1) is 0 Å². The van der Waals surface area contributed by atoms with Gasteiger partial charge in [0.25, 0.3) is 0 Å². The van der Waals surface area contributed by atoms with E-state index in [1.807, 2.05) is 0 Å². The lowest BCUT2D eigenvalue weighted by atomic mass is 9.69. The van der Waals surface area contributed by atoms with Gasteiger partial charge in [-0.25, -0.2) is 0 Å². The Morgan fingerprint density at radius 2 is 2.17 bits per heavy atom. The maximum absolute atomic E-state index is 4.00. The van der Waals surface area contributed by atoms with Gasteiger partial charge in [-0.15, -0.1) is 0 Å². The van der Waals surface area contributed by atoms with Crippen molar-refractivity contribution in [1.82, 2.24) is 0 Å². The highest BCUT2D eigenvalue weighted by molar-refractivity contribution is 7.81. The summed E-state index contributed by atoms with van der Waals surface area (Å²) in [5.74, 6) is 0.697. The summed E-state index contributed by atoms with van der Waals surface area (Å²) in [4.78, 5) is 0. The van der Waals surface area contributed by atoms with E-state index in [4.69, 9.17) is 0 Å². The van der Waals surface area contributed by atoms with E-state index >= 15 is 0 Å². The van der Waals surface area contributed by atoms with Gasteiger partial charge in [0.1, 0.15) is 7.28 Å². The minimum atomic E-state index is 0.697. The molecule has 35 valence electrons. The molecule has 2 heteroatoms. The first-order valence-corrected chi connectivity index (χ1v) is 2.84. The lowest BCUT2D eigenvalue weighted by Gasteiger charge is -1.93. The van der Waals surface area contributed by atoms with Gasteiger partial charge in [0.15, 0.2) is 0 Å². The lowest BCUT2D eigenvalue weighted by molar-refractivity contribution is 1.06. The van der Waals surface area contributed by atoms with E-state index in [0.717, 1.165) is 5.65 Å². The summed E-state index contributed by atoms with van der Waals surface area (Å²) in [6, 6.07) is 0. The molecule has 0 amide bonds. The summed E-state index contributed by atoms with van der Waals surface area (Å²) >= 11 is 4.00. The van der Waals surface area contributed by atoms with Gasteiger partial charge in [-0.2, -0.15) is 12.6 Å². The average Bonchev–Trinajstić information content (AvgIpc) is 1.35. The largest absolute Gasteiger partial charge is 0.188 e. The van der Waals surface area contributed by atoms with Crippen molar-refractivity contribution >= 4 is 19.9 Å². The van der Waals surface area contributed by atoms with Crippen molar-refractivity contribution in [2.75, 3.05) is 5.65 Å². The summed E-state index contributed by atoms with van der Waals surface area (Å²) in [5, 5.41) is 0. The topological polar surface area (TPSA) is 0 Å². The molecule has 0 spiro atoms. The molecule has 0 nitrogen and oxygen atoms in total. The molecule has 0 atom stereocenters. The van der Waals surface area contributed by atoms with Gasteiger partial charge < -0.3 is 0 Å². The quantitative estimate of drug-likeness (QED) is 0.394. The Morgan fingerprint density at radius 1 is 1.67 bits per heavy atom. The van der Waals surface area contributed by atoms with Gasteiger partial charge in [-0.1, -0.05) is 19.7 Å². The first-order chi connectivity index (χ1) is 2.77. The van der Waals surface area contributed by atoms with Gasteiger partial charge >= 0.3 is 0 Å². The van der Waals surface area contributed by atoms with Crippen LogP contribution >= 0.6 is 12.6 Å². The second-order valence-electron chi connectivity index (χ2n) is 1.66. The molecule has 0 heterocycles. The van der Waals surface area contributed by atoms with E-state index in [1.165, 1.54) is 0 Å². The molecular formula is C4H10BS. The van der Waals surface area contributed by atoms with Crippen LogP contribution in [0.1, 0.15) is 13.8 Å². The van der Waals surface area contributed by atoms with Crippen LogP contribution in [-0.2, 0) is 0 Å². The fourth-order valence-corrected chi connectivity index (χ4v) is 0.632. The van der Waals surface area contributed by atoms with E-state index < -0.39 is 0 Å². The smallest absolute Gasteiger partial charge is 0.125 e. The SMILES string of the molecule is CC(C)[B]CS. The Labute approximate surface area is 46.0 Å². The van der Waals surface area contributed by atoms with Gasteiger partial charge in [0, 0.05) is 0 Å². The molecule has 6 heavy (non-hydrogen) atoms. The summed E-state index contributed by atoms with van der Waals surface area (Å²) in [6.45, 7) is 4.30. The van der Waals surface area contributed by atoms with Crippen molar-refractivity contribution in [2.24, 2.45) is 0 Å². The first-order valence-electron chi connectivity index (χ1n) is 2.21. The third-order valence-electron chi connectivity index (χ3n) is 0.577.